The maximum atomic E-state index is 5.85. The van der Waals surface area contributed by atoms with Crippen molar-refractivity contribution in [3.8, 4) is 23.0 Å². The van der Waals surface area contributed by atoms with E-state index in [9.17, 15) is 0 Å². The Hall–Kier alpha value is -2.83. The van der Waals surface area contributed by atoms with Gasteiger partial charge >= 0.3 is 168 Å². The average molecular weight is 533 g/mol. The van der Waals surface area contributed by atoms with Crippen molar-refractivity contribution >= 4 is 7.91 Å². The Morgan fingerprint density at radius 1 is 0.370 bits per heavy atom. The van der Waals surface area contributed by atoms with Crippen molar-refractivity contribution in [2.45, 2.75) is 0 Å². The molecule has 0 saturated carbocycles. The Balaban J connectivity index is 1.37. The van der Waals surface area contributed by atoms with Gasteiger partial charge in [-0.05, 0) is 0 Å². The van der Waals surface area contributed by atoms with Crippen LogP contribution in [0.15, 0.2) is 109 Å². The standard InChI is InChI=1S/2C12H9O.Pt/c2*1-3-7-11(8-4-1)13-12-9-5-2-6-10-12;/h2*1,3-10H;. The summed E-state index contributed by atoms with van der Waals surface area (Å²) in [6.07, 6.45) is 0. The Kier molecular flexibility index (Phi) is 5.67. The van der Waals surface area contributed by atoms with Crippen LogP contribution in [-0.2, 0) is 18.6 Å². The molecule has 2 nitrogen and oxygen atoms in total. The molecule has 0 saturated heterocycles. The predicted octanol–water partition coefficient (Wildman–Crippen LogP) is 5.30. The molecule has 4 rings (SSSR count). The summed E-state index contributed by atoms with van der Waals surface area (Å²) in [6.45, 7) is 0. The normalized spacial score (nSPS) is 10.5. The molecule has 0 heterocycles. The van der Waals surface area contributed by atoms with Gasteiger partial charge < -0.3 is 0 Å². The molecule has 0 radical (unpaired) electrons. The minimum absolute atomic E-state index is 0.240. The number of para-hydroxylation sites is 2. The van der Waals surface area contributed by atoms with Crippen molar-refractivity contribution in [2.75, 3.05) is 0 Å². The summed E-state index contributed by atoms with van der Waals surface area (Å²) in [5.74, 6) is 3.43. The SMILES string of the molecule is c1ccc(Oc2cc[c]([Pt][c]3ccc(Oc4ccccc4)cc3)cc2)cc1. The Morgan fingerprint density at radius 3 is 1.07 bits per heavy atom. The van der Waals surface area contributed by atoms with Crippen LogP contribution >= 0.6 is 0 Å². The number of hydrogen-bond acceptors (Lipinski definition) is 2. The van der Waals surface area contributed by atoms with Crippen LogP contribution < -0.4 is 17.4 Å². The fourth-order valence-corrected chi connectivity index (χ4v) is 4.72. The van der Waals surface area contributed by atoms with Crippen LogP contribution in [0.5, 0.6) is 23.0 Å². The van der Waals surface area contributed by atoms with Crippen LogP contribution in [0.3, 0.4) is 0 Å². The van der Waals surface area contributed by atoms with Gasteiger partial charge in [0.2, 0.25) is 0 Å². The molecule has 27 heavy (non-hydrogen) atoms. The van der Waals surface area contributed by atoms with Crippen molar-refractivity contribution in [3.05, 3.63) is 109 Å². The van der Waals surface area contributed by atoms with Gasteiger partial charge in [-0.2, -0.15) is 0 Å². The van der Waals surface area contributed by atoms with E-state index in [4.69, 9.17) is 9.47 Å². The minimum atomic E-state index is -0.240. The van der Waals surface area contributed by atoms with E-state index in [0.29, 0.717) is 0 Å². The van der Waals surface area contributed by atoms with E-state index in [1.54, 1.807) is 0 Å². The molecule has 136 valence electrons. The summed E-state index contributed by atoms with van der Waals surface area (Å²) in [4.78, 5) is 0. The zero-order chi connectivity index (χ0) is 18.3. The molecule has 0 aromatic heterocycles. The van der Waals surface area contributed by atoms with Crippen LogP contribution in [0.1, 0.15) is 0 Å². The Bertz CT molecular complexity index is 883. The van der Waals surface area contributed by atoms with E-state index in [1.807, 2.05) is 84.9 Å². The molecule has 4 aromatic carbocycles. The Morgan fingerprint density at radius 2 is 0.704 bits per heavy atom. The maximum absolute atomic E-state index is 5.85. The van der Waals surface area contributed by atoms with Crippen molar-refractivity contribution in [1.82, 2.24) is 0 Å². The summed E-state index contributed by atoms with van der Waals surface area (Å²) in [5.41, 5.74) is 0. The molecule has 0 atom stereocenters. The molecule has 0 bridgehead atoms. The van der Waals surface area contributed by atoms with E-state index >= 15 is 0 Å². The van der Waals surface area contributed by atoms with Gasteiger partial charge in [0, 0.05) is 0 Å². The molecule has 0 aliphatic heterocycles. The molecule has 0 aliphatic carbocycles. The van der Waals surface area contributed by atoms with Crippen molar-refractivity contribution in [3.63, 3.8) is 0 Å². The predicted molar refractivity (Wildman–Crippen MR) is 105 cm³/mol. The monoisotopic (exact) mass is 533 g/mol. The second kappa shape index (κ2) is 8.70. The van der Waals surface area contributed by atoms with Crippen LogP contribution in [0.25, 0.3) is 0 Å². The fraction of sp³-hybridized carbons (Fsp3) is 0. The second-order valence-corrected chi connectivity index (χ2v) is 8.94. The van der Waals surface area contributed by atoms with Crippen molar-refractivity contribution in [2.24, 2.45) is 0 Å². The number of rotatable bonds is 6. The first kappa shape index (κ1) is 17.6. The van der Waals surface area contributed by atoms with Crippen LogP contribution in [0.2, 0.25) is 0 Å². The first-order chi connectivity index (χ1) is 13.3. The summed E-state index contributed by atoms with van der Waals surface area (Å²) < 4.78 is 14.4. The van der Waals surface area contributed by atoms with Crippen LogP contribution in [0, 0.1) is 0 Å². The van der Waals surface area contributed by atoms with Crippen molar-refractivity contribution in [1.29, 1.82) is 0 Å². The van der Waals surface area contributed by atoms with E-state index < -0.39 is 0 Å². The van der Waals surface area contributed by atoms with E-state index in [0.717, 1.165) is 23.0 Å². The molecule has 4 aromatic rings. The first-order valence-electron chi connectivity index (χ1n) is 8.60. The third-order valence-corrected chi connectivity index (χ3v) is 6.55. The van der Waals surface area contributed by atoms with E-state index in [-0.39, 0.29) is 18.6 Å². The summed E-state index contributed by atoms with van der Waals surface area (Å²) in [7, 11) is 0. The van der Waals surface area contributed by atoms with Gasteiger partial charge in [-0.15, -0.1) is 0 Å². The number of hydrogen-bond donors (Lipinski definition) is 0. The van der Waals surface area contributed by atoms with Gasteiger partial charge in [0.1, 0.15) is 0 Å². The topological polar surface area (TPSA) is 18.5 Å². The van der Waals surface area contributed by atoms with Crippen LogP contribution in [0.4, 0.5) is 0 Å². The quantitative estimate of drug-likeness (QED) is 0.335. The number of ether oxygens (including phenoxy) is 2. The van der Waals surface area contributed by atoms with Gasteiger partial charge in [-0.1, -0.05) is 0 Å². The molecule has 0 spiro atoms. The molecule has 0 unspecified atom stereocenters. The van der Waals surface area contributed by atoms with Crippen molar-refractivity contribution < 1.29 is 28.0 Å². The zero-order valence-corrected chi connectivity index (χ0v) is 16.8. The molecule has 0 N–H and O–H groups in total. The fourth-order valence-electron chi connectivity index (χ4n) is 2.44. The molecular weight excluding hydrogens is 515 g/mol. The Labute approximate surface area is 167 Å². The van der Waals surface area contributed by atoms with Gasteiger partial charge in [0.05, 0.1) is 0 Å². The molecule has 0 aliphatic rings. The summed E-state index contributed by atoms with van der Waals surface area (Å²) >= 11 is -0.240. The first-order valence-corrected chi connectivity index (χ1v) is 10.9. The van der Waals surface area contributed by atoms with Gasteiger partial charge in [0.15, 0.2) is 0 Å². The second-order valence-electron chi connectivity index (χ2n) is 5.75. The van der Waals surface area contributed by atoms with Gasteiger partial charge in [-0.3, -0.25) is 0 Å². The average Bonchev–Trinajstić information content (AvgIpc) is 2.73. The van der Waals surface area contributed by atoms with E-state index in [1.165, 1.54) is 7.91 Å². The van der Waals surface area contributed by atoms with Crippen LogP contribution in [-0.4, -0.2) is 0 Å². The molecule has 0 fully saturated rings. The van der Waals surface area contributed by atoms with Gasteiger partial charge in [0.25, 0.3) is 0 Å². The zero-order valence-electron chi connectivity index (χ0n) is 14.5. The molecule has 3 heteroatoms. The summed E-state index contributed by atoms with van der Waals surface area (Å²) in [6, 6.07) is 36.4. The number of benzene rings is 4. The molecular formula is C24H18O2Pt. The summed E-state index contributed by atoms with van der Waals surface area (Å²) in [5, 5.41) is 0. The third kappa shape index (κ3) is 5.09. The van der Waals surface area contributed by atoms with Gasteiger partial charge in [-0.25, -0.2) is 0 Å². The third-order valence-electron chi connectivity index (χ3n) is 3.73. The molecule has 0 amide bonds. The van der Waals surface area contributed by atoms with E-state index in [2.05, 4.69) is 24.3 Å².